The maximum absolute atomic E-state index is 13.1. The largest absolute Gasteiger partial charge is 0.338 e. The van der Waals surface area contributed by atoms with Gasteiger partial charge in [0.25, 0.3) is 0 Å². The Balaban J connectivity index is 1.61. The molecule has 27 heavy (non-hydrogen) atoms. The molecule has 0 bridgehead atoms. The van der Waals surface area contributed by atoms with E-state index in [0.29, 0.717) is 24.5 Å². The number of nitrogens with zero attached hydrogens (tertiary/aromatic N) is 4. The Labute approximate surface area is 164 Å². The van der Waals surface area contributed by atoms with Crippen LogP contribution in [0.15, 0.2) is 24.3 Å². The zero-order chi connectivity index (χ0) is 19.6. The number of benzene rings is 1. The highest BCUT2D eigenvalue weighted by Gasteiger charge is 2.29. The standard InChI is InChI=1S/C20H26ClFN4O/c1-4-18(26-15(3)19(21)14(2)23-26)20(27)25-11-9-24(10-12-25)13-16-5-7-17(22)8-6-16/h5-8,18H,4,9-13H2,1-3H3. The Bertz CT molecular complexity index is 797. The lowest BCUT2D eigenvalue weighted by atomic mass is 10.1. The third-order valence-corrected chi connectivity index (χ3v) is 5.75. The zero-order valence-electron chi connectivity index (χ0n) is 16.1. The van der Waals surface area contributed by atoms with Gasteiger partial charge in [-0.1, -0.05) is 30.7 Å². The van der Waals surface area contributed by atoms with Gasteiger partial charge in [-0.05, 0) is 38.0 Å². The van der Waals surface area contributed by atoms with Gasteiger partial charge >= 0.3 is 0 Å². The molecule has 1 aliphatic heterocycles. The number of aryl methyl sites for hydroxylation is 1. The molecule has 1 aromatic carbocycles. The van der Waals surface area contributed by atoms with Gasteiger partial charge in [0, 0.05) is 32.7 Å². The van der Waals surface area contributed by atoms with E-state index in [0.717, 1.165) is 36.6 Å². The van der Waals surface area contributed by atoms with Crippen LogP contribution < -0.4 is 0 Å². The average Bonchev–Trinajstić information content (AvgIpc) is 2.92. The normalized spacial score (nSPS) is 16.6. The van der Waals surface area contributed by atoms with Gasteiger partial charge in [-0.3, -0.25) is 14.4 Å². The highest BCUT2D eigenvalue weighted by Crippen LogP contribution is 2.25. The Morgan fingerprint density at radius 2 is 1.81 bits per heavy atom. The van der Waals surface area contributed by atoms with Crippen molar-refractivity contribution in [1.29, 1.82) is 0 Å². The number of halogens is 2. The summed E-state index contributed by atoms with van der Waals surface area (Å²) in [5.74, 6) is -0.120. The smallest absolute Gasteiger partial charge is 0.247 e. The van der Waals surface area contributed by atoms with Crippen molar-refractivity contribution in [1.82, 2.24) is 19.6 Å². The van der Waals surface area contributed by atoms with Crippen molar-refractivity contribution in [3.8, 4) is 0 Å². The first-order valence-corrected chi connectivity index (χ1v) is 9.75. The summed E-state index contributed by atoms with van der Waals surface area (Å²) < 4.78 is 14.8. The van der Waals surface area contributed by atoms with Crippen LogP contribution in [0.25, 0.3) is 0 Å². The van der Waals surface area contributed by atoms with Crippen molar-refractivity contribution in [2.75, 3.05) is 26.2 Å². The second kappa shape index (κ2) is 8.40. The number of carbonyl (C=O) groups is 1. The highest BCUT2D eigenvalue weighted by molar-refractivity contribution is 6.31. The molecule has 1 atom stereocenters. The molecule has 1 saturated heterocycles. The summed E-state index contributed by atoms with van der Waals surface area (Å²) in [6.07, 6.45) is 0.674. The van der Waals surface area contributed by atoms with Gasteiger partial charge in [0.2, 0.25) is 5.91 Å². The van der Waals surface area contributed by atoms with Crippen LogP contribution in [-0.2, 0) is 11.3 Å². The lowest BCUT2D eigenvalue weighted by molar-refractivity contribution is -0.137. The summed E-state index contributed by atoms with van der Waals surface area (Å²) in [4.78, 5) is 17.3. The van der Waals surface area contributed by atoms with Crippen molar-refractivity contribution < 1.29 is 9.18 Å². The highest BCUT2D eigenvalue weighted by atomic mass is 35.5. The minimum absolute atomic E-state index is 0.0983. The van der Waals surface area contributed by atoms with Crippen LogP contribution in [0.3, 0.4) is 0 Å². The molecule has 0 aliphatic carbocycles. The molecular formula is C20H26ClFN4O. The molecule has 0 saturated carbocycles. The van der Waals surface area contributed by atoms with Crippen LogP contribution in [0.5, 0.6) is 0 Å². The van der Waals surface area contributed by atoms with Crippen molar-refractivity contribution in [2.45, 2.75) is 39.8 Å². The van der Waals surface area contributed by atoms with E-state index in [-0.39, 0.29) is 17.8 Å². The van der Waals surface area contributed by atoms with Gasteiger partial charge in [-0.25, -0.2) is 4.39 Å². The van der Waals surface area contributed by atoms with E-state index >= 15 is 0 Å². The van der Waals surface area contributed by atoms with E-state index in [2.05, 4.69) is 10.00 Å². The molecule has 1 amide bonds. The molecular weight excluding hydrogens is 367 g/mol. The number of aromatic nitrogens is 2. The quantitative estimate of drug-likeness (QED) is 0.780. The molecule has 1 aliphatic rings. The van der Waals surface area contributed by atoms with Gasteiger partial charge in [-0.2, -0.15) is 5.10 Å². The summed E-state index contributed by atoms with van der Waals surface area (Å²) in [6, 6.07) is 6.28. The molecule has 2 aromatic rings. The van der Waals surface area contributed by atoms with Crippen molar-refractivity contribution in [3.63, 3.8) is 0 Å². The summed E-state index contributed by atoms with van der Waals surface area (Å²) in [5.41, 5.74) is 2.67. The monoisotopic (exact) mass is 392 g/mol. The van der Waals surface area contributed by atoms with E-state index in [4.69, 9.17) is 11.6 Å². The van der Waals surface area contributed by atoms with Gasteiger partial charge in [-0.15, -0.1) is 0 Å². The van der Waals surface area contributed by atoms with Gasteiger partial charge in [0.15, 0.2) is 0 Å². The van der Waals surface area contributed by atoms with Crippen LogP contribution in [0.4, 0.5) is 4.39 Å². The SMILES string of the molecule is CCC(C(=O)N1CCN(Cc2ccc(F)cc2)CC1)n1nc(C)c(Cl)c1C. The number of hydrogen-bond acceptors (Lipinski definition) is 3. The molecule has 7 heteroatoms. The van der Waals surface area contributed by atoms with E-state index in [1.54, 1.807) is 4.68 Å². The first-order valence-electron chi connectivity index (χ1n) is 9.37. The molecule has 5 nitrogen and oxygen atoms in total. The fraction of sp³-hybridized carbons (Fsp3) is 0.500. The van der Waals surface area contributed by atoms with Crippen molar-refractivity contribution in [3.05, 3.63) is 52.1 Å². The maximum Gasteiger partial charge on any atom is 0.247 e. The number of piperazine rings is 1. The zero-order valence-corrected chi connectivity index (χ0v) is 16.8. The van der Waals surface area contributed by atoms with E-state index in [9.17, 15) is 9.18 Å². The fourth-order valence-corrected chi connectivity index (χ4v) is 3.71. The number of amides is 1. The third kappa shape index (κ3) is 4.33. The molecule has 1 fully saturated rings. The van der Waals surface area contributed by atoms with E-state index < -0.39 is 0 Å². The molecule has 3 rings (SSSR count). The molecule has 2 heterocycles. The summed E-state index contributed by atoms with van der Waals surface area (Å²) in [5, 5.41) is 5.10. The summed E-state index contributed by atoms with van der Waals surface area (Å²) >= 11 is 6.26. The minimum Gasteiger partial charge on any atom is -0.338 e. The molecule has 1 unspecified atom stereocenters. The van der Waals surface area contributed by atoms with Crippen LogP contribution in [0.1, 0.15) is 36.3 Å². The molecule has 0 spiro atoms. The first kappa shape index (κ1) is 19.8. The Hall–Kier alpha value is -1.92. The Morgan fingerprint density at radius 1 is 1.19 bits per heavy atom. The van der Waals surface area contributed by atoms with Crippen LogP contribution in [-0.4, -0.2) is 51.7 Å². The van der Waals surface area contributed by atoms with Gasteiger partial charge < -0.3 is 4.90 Å². The summed E-state index contributed by atoms with van der Waals surface area (Å²) in [7, 11) is 0. The van der Waals surface area contributed by atoms with Crippen LogP contribution >= 0.6 is 11.6 Å². The molecule has 1 aromatic heterocycles. The topological polar surface area (TPSA) is 41.4 Å². The Kier molecular flexibility index (Phi) is 6.17. The first-order chi connectivity index (χ1) is 12.9. The van der Waals surface area contributed by atoms with Crippen molar-refractivity contribution in [2.24, 2.45) is 0 Å². The van der Waals surface area contributed by atoms with Gasteiger partial charge in [0.05, 0.1) is 16.4 Å². The Morgan fingerprint density at radius 3 is 2.33 bits per heavy atom. The average molecular weight is 393 g/mol. The molecule has 146 valence electrons. The second-order valence-corrected chi connectivity index (χ2v) is 7.46. The number of hydrogen-bond donors (Lipinski definition) is 0. The third-order valence-electron chi connectivity index (χ3n) is 5.21. The van der Waals surface area contributed by atoms with Crippen LogP contribution in [0.2, 0.25) is 5.02 Å². The molecule has 0 radical (unpaired) electrons. The minimum atomic E-state index is -0.320. The maximum atomic E-state index is 13.1. The predicted molar refractivity (Wildman–Crippen MR) is 104 cm³/mol. The van der Waals surface area contributed by atoms with E-state index in [1.807, 2.05) is 37.8 Å². The lowest BCUT2D eigenvalue weighted by Gasteiger charge is -2.36. The van der Waals surface area contributed by atoms with E-state index in [1.165, 1.54) is 12.1 Å². The predicted octanol–water partition coefficient (Wildman–Crippen LogP) is 3.59. The van der Waals surface area contributed by atoms with Gasteiger partial charge in [0.1, 0.15) is 11.9 Å². The molecule has 0 N–H and O–H groups in total. The number of rotatable bonds is 5. The van der Waals surface area contributed by atoms with Crippen LogP contribution in [0, 0.1) is 19.7 Å². The van der Waals surface area contributed by atoms with Crippen molar-refractivity contribution >= 4 is 17.5 Å². The lowest BCUT2D eigenvalue weighted by Crippen LogP contribution is -2.50. The fourth-order valence-electron chi connectivity index (χ4n) is 3.58. The second-order valence-electron chi connectivity index (χ2n) is 7.08. The summed E-state index contributed by atoms with van der Waals surface area (Å²) in [6.45, 7) is 9.50. The number of carbonyl (C=O) groups excluding carboxylic acids is 1.